The molecule has 0 bridgehead atoms. The Labute approximate surface area is 135 Å². The highest BCUT2D eigenvalue weighted by molar-refractivity contribution is 6.31. The molecule has 1 unspecified atom stereocenters. The molecule has 1 aliphatic heterocycles. The van der Waals surface area contributed by atoms with Crippen LogP contribution in [0, 0.1) is 6.92 Å². The number of nitrogens with one attached hydrogen (secondary N) is 1. The minimum Gasteiger partial charge on any atom is -0.327 e. The topological polar surface area (TPSA) is 32.3 Å². The Bertz CT molecular complexity index is 713. The molecule has 0 saturated carbocycles. The van der Waals surface area contributed by atoms with Gasteiger partial charge in [-0.25, -0.2) is 4.79 Å². The third-order valence-corrected chi connectivity index (χ3v) is 4.42. The number of fused-ring (bicyclic) bond motifs is 1. The van der Waals surface area contributed by atoms with E-state index < -0.39 is 0 Å². The van der Waals surface area contributed by atoms with Gasteiger partial charge in [0.05, 0.1) is 11.7 Å². The van der Waals surface area contributed by atoms with Crippen LogP contribution in [0.25, 0.3) is 0 Å². The Balaban J connectivity index is 2.19. The van der Waals surface area contributed by atoms with Crippen LogP contribution < -0.4 is 10.2 Å². The van der Waals surface area contributed by atoms with E-state index in [0.29, 0.717) is 0 Å². The summed E-state index contributed by atoms with van der Waals surface area (Å²) in [7, 11) is 0. The Morgan fingerprint density at radius 2 is 1.86 bits per heavy atom. The van der Waals surface area contributed by atoms with Gasteiger partial charge < -0.3 is 5.32 Å². The zero-order chi connectivity index (χ0) is 15.9. The quantitative estimate of drug-likeness (QED) is 0.858. The van der Waals surface area contributed by atoms with Crippen LogP contribution in [-0.4, -0.2) is 12.1 Å². The van der Waals surface area contributed by atoms with E-state index >= 15 is 0 Å². The number of halogens is 1. The lowest BCUT2D eigenvalue weighted by Gasteiger charge is -2.38. The van der Waals surface area contributed by atoms with Crippen molar-refractivity contribution in [3.05, 3.63) is 64.2 Å². The van der Waals surface area contributed by atoms with Gasteiger partial charge in [0.25, 0.3) is 0 Å². The first-order valence-corrected chi connectivity index (χ1v) is 7.81. The first kappa shape index (κ1) is 14.9. The largest absolute Gasteiger partial charge is 0.327 e. The molecule has 114 valence electrons. The Morgan fingerprint density at radius 1 is 1.18 bits per heavy atom. The van der Waals surface area contributed by atoms with Crippen molar-refractivity contribution in [3.8, 4) is 0 Å². The maximum atomic E-state index is 12.6. The lowest BCUT2D eigenvalue weighted by molar-refractivity contribution is 0.241. The first-order valence-electron chi connectivity index (χ1n) is 7.43. The third kappa shape index (κ3) is 2.46. The van der Waals surface area contributed by atoms with Crippen LogP contribution >= 0.6 is 11.6 Å². The third-order valence-electron chi connectivity index (χ3n) is 4.01. The summed E-state index contributed by atoms with van der Waals surface area (Å²) in [6, 6.07) is 13.8. The van der Waals surface area contributed by atoms with Gasteiger partial charge in [0.15, 0.2) is 0 Å². The number of hydrogen-bond donors (Lipinski definition) is 1. The van der Waals surface area contributed by atoms with Crippen molar-refractivity contribution >= 4 is 23.3 Å². The van der Waals surface area contributed by atoms with Gasteiger partial charge in [-0.3, -0.25) is 4.90 Å². The lowest BCUT2D eigenvalue weighted by Crippen LogP contribution is -2.50. The summed E-state index contributed by atoms with van der Waals surface area (Å²) in [4.78, 5) is 14.4. The van der Waals surface area contributed by atoms with Crippen molar-refractivity contribution in [1.82, 2.24) is 5.32 Å². The highest BCUT2D eigenvalue weighted by Crippen LogP contribution is 2.38. The van der Waals surface area contributed by atoms with Gasteiger partial charge in [-0.2, -0.15) is 0 Å². The molecule has 0 saturated heterocycles. The zero-order valence-corrected chi connectivity index (χ0v) is 13.7. The molecule has 1 N–H and O–H groups in total. The van der Waals surface area contributed by atoms with Crippen LogP contribution in [0.3, 0.4) is 0 Å². The molecule has 2 aromatic carbocycles. The van der Waals surface area contributed by atoms with E-state index in [0.717, 1.165) is 27.4 Å². The van der Waals surface area contributed by atoms with Gasteiger partial charge in [0, 0.05) is 16.6 Å². The van der Waals surface area contributed by atoms with E-state index in [2.05, 4.69) is 5.32 Å². The summed E-state index contributed by atoms with van der Waals surface area (Å²) >= 11 is 6.33. The minimum absolute atomic E-state index is 0.0712. The summed E-state index contributed by atoms with van der Waals surface area (Å²) in [5.74, 6) is 0. The number of urea groups is 1. The second-order valence-electron chi connectivity index (χ2n) is 5.92. The Morgan fingerprint density at radius 3 is 2.50 bits per heavy atom. The van der Waals surface area contributed by atoms with Gasteiger partial charge >= 0.3 is 6.03 Å². The fourth-order valence-corrected chi connectivity index (χ4v) is 3.09. The predicted octanol–water partition coefficient (Wildman–Crippen LogP) is 4.68. The van der Waals surface area contributed by atoms with Gasteiger partial charge in [-0.05, 0) is 44.0 Å². The molecule has 0 fully saturated rings. The number of nitrogens with zero attached hydrogens (tertiary/aromatic N) is 1. The monoisotopic (exact) mass is 314 g/mol. The van der Waals surface area contributed by atoms with Crippen LogP contribution in [0.1, 0.15) is 36.6 Å². The van der Waals surface area contributed by atoms with Crippen LogP contribution in [-0.2, 0) is 0 Å². The fourth-order valence-electron chi connectivity index (χ4n) is 2.92. The summed E-state index contributed by atoms with van der Waals surface area (Å²) in [5, 5.41) is 3.82. The van der Waals surface area contributed by atoms with E-state index in [4.69, 9.17) is 11.6 Å². The summed E-state index contributed by atoms with van der Waals surface area (Å²) in [5.41, 5.74) is 4.01. The second-order valence-corrected chi connectivity index (χ2v) is 6.32. The molecule has 1 aliphatic rings. The van der Waals surface area contributed by atoms with Crippen molar-refractivity contribution in [3.63, 3.8) is 0 Å². The first-order chi connectivity index (χ1) is 10.5. The SMILES string of the molecule is Cc1cc2c(cc1Cl)C(c1ccccc1)NC(=O)N2C(C)C. The number of rotatable bonds is 2. The van der Waals surface area contributed by atoms with E-state index in [1.807, 2.05) is 63.2 Å². The molecule has 1 heterocycles. The fraction of sp³-hybridized carbons (Fsp3) is 0.278. The molecule has 3 rings (SSSR count). The van der Waals surface area contributed by atoms with Gasteiger partial charge in [0.2, 0.25) is 0 Å². The molecule has 1 atom stereocenters. The molecule has 2 amide bonds. The van der Waals surface area contributed by atoms with Gasteiger partial charge in [-0.1, -0.05) is 41.9 Å². The summed E-state index contributed by atoms with van der Waals surface area (Å²) < 4.78 is 0. The molecule has 2 aromatic rings. The van der Waals surface area contributed by atoms with Crippen molar-refractivity contribution in [2.75, 3.05) is 4.90 Å². The number of aryl methyl sites for hydroxylation is 1. The van der Waals surface area contributed by atoms with Crippen LogP contribution in [0.5, 0.6) is 0 Å². The van der Waals surface area contributed by atoms with E-state index in [-0.39, 0.29) is 18.1 Å². The second kappa shape index (κ2) is 5.65. The molecular weight excluding hydrogens is 296 g/mol. The predicted molar refractivity (Wildman–Crippen MR) is 90.6 cm³/mol. The maximum Gasteiger partial charge on any atom is 0.322 e. The molecule has 22 heavy (non-hydrogen) atoms. The number of amides is 2. The summed E-state index contributed by atoms with van der Waals surface area (Å²) in [6.45, 7) is 5.98. The van der Waals surface area contributed by atoms with Gasteiger partial charge in [-0.15, -0.1) is 0 Å². The van der Waals surface area contributed by atoms with Gasteiger partial charge in [0.1, 0.15) is 0 Å². The summed E-state index contributed by atoms with van der Waals surface area (Å²) in [6.07, 6.45) is 0. The van der Waals surface area contributed by atoms with Crippen LogP contribution in [0.2, 0.25) is 5.02 Å². The highest BCUT2D eigenvalue weighted by atomic mass is 35.5. The molecular formula is C18H19ClN2O. The number of carbonyl (C=O) groups excluding carboxylic acids is 1. The van der Waals surface area contributed by atoms with Crippen molar-refractivity contribution < 1.29 is 4.79 Å². The Hall–Kier alpha value is -2.00. The molecule has 0 aromatic heterocycles. The lowest BCUT2D eigenvalue weighted by atomic mass is 9.93. The molecule has 3 nitrogen and oxygen atoms in total. The van der Waals surface area contributed by atoms with Crippen molar-refractivity contribution in [1.29, 1.82) is 0 Å². The molecule has 0 aliphatic carbocycles. The van der Waals surface area contributed by atoms with Crippen molar-refractivity contribution in [2.24, 2.45) is 0 Å². The average Bonchev–Trinajstić information content (AvgIpc) is 2.49. The number of anilines is 1. The zero-order valence-electron chi connectivity index (χ0n) is 12.9. The highest BCUT2D eigenvalue weighted by Gasteiger charge is 2.33. The number of hydrogen-bond acceptors (Lipinski definition) is 1. The molecule has 4 heteroatoms. The number of benzene rings is 2. The standard InChI is InChI=1S/C18H19ClN2O/c1-11(2)21-16-9-12(3)15(19)10-14(16)17(20-18(21)22)13-7-5-4-6-8-13/h4-11,17H,1-3H3,(H,20,22). The van der Waals surface area contributed by atoms with E-state index in [9.17, 15) is 4.79 Å². The number of carbonyl (C=O) groups is 1. The van der Waals surface area contributed by atoms with Crippen molar-refractivity contribution in [2.45, 2.75) is 32.9 Å². The van der Waals surface area contributed by atoms with Crippen LogP contribution in [0.15, 0.2) is 42.5 Å². The van der Waals surface area contributed by atoms with Crippen LogP contribution in [0.4, 0.5) is 10.5 Å². The maximum absolute atomic E-state index is 12.6. The average molecular weight is 315 g/mol. The normalized spacial score (nSPS) is 17.4. The van der Waals surface area contributed by atoms with E-state index in [1.54, 1.807) is 4.90 Å². The van der Waals surface area contributed by atoms with E-state index in [1.165, 1.54) is 0 Å². The molecule has 0 spiro atoms. The molecule has 0 radical (unpaired) electrons. The smallest absolute Gasteiger partial charge is 0.322 e. The minimum atomic E-state index is -0.170. The Kier molecular flexibility index (Phi) is 3.83.